The third-order valence-electron chi connectivity index (χ3n) is 4.66. The van der Waals surface area contributed by atoms with Crippen LogP contribution in [0.2, 0.25) is 0 Å². The fourth-order valence-electron chi connectivity index (χ4n) is 2.84. The summed E-state index contributed by atoms with van der Waals surface area (Å²) in [5, 5.41) is 5.07. The molecule has 0 atom stereocenters. The molecule has 0 heterocycles. The summed E-state index contributed by atoms with van der Waals surface area (Å²) in [4.78, 5) is 47.9. The zero-order valence-corrected chi connectivity index (χ0v) is 18.7. The molecule has 0 saturated carbocycles. The van der Waals surface area contributed by atoms with Crippen LogP contribution in [-0.4, -0.2) is 50.1 Å². The lowest BCUT2D eigenvalue weighted by molar-refractivity contribution is -0.125. The smallest absolute Gasteiger partial charge is 0.338 e. The molecule has 2 rings (SSSR count). The van der Waals surface area contributed by atoms with Crippen LogP contribution in [0.3, 0.4) is 0 Å². The van der Waals surface area contributed by atoms with Gasteiger partial charge in [-0.15, -0.1) is 0 Å². The van der Waals surface area contributed by atoms with Crippen LogP contribution in [-0.2, 0) is 19.1 Å². The van der Waals surface area contributed by atoms with Gasteiger partial charge in [0.2, 0.25) is 0 Å². The molecular formula is C24H28N2O6. The van der Waals surface area contributed by atoms with Gasteiger partial charge in [-0.05, 0) is 51.0 Å². The summed E-state index contributed by atoms with van der Waals surface area (Å²) in [6.07, 6.45) is 0. The largest absolute Gasteiger partial charge is 0.452 e. The molecule has 0 aromatic heterocycles. The quantitative estimate of drug-likeness (QED) is 0.457. The summed E-state index contributed by atoms with van der Waals surface area (Å²) in [7, 11) is 0. The Kier molecular flexibility index (Phi) is 8.95. The highest BCUT2D eigenvalue weighted by Crippen LogP contribution is 2.12. The minimum atomic E-state index is -0.569. The van der Waals surface area contributed by atoms with Crippen molar-refractivity contribution < 1.29 is 28.7 Å². The van der Waals surface area contributed by atoms with Crippen LogP contribution < -0.4 is 10.6 Å². The van der Waals surface area contributed by atoms with Gasteiger partial charge in [0.15, 0.2) is 13.2 Å². The predicted octanol–water partition coefficient (Wildman–Crippen LogP) is 2.17. The number of amides is 2. The van der Waals surface area contributed by atoms with Crippen molar-refractivity contribution in [3.8, 4) is 0 Å². The fourth-order valence-corrected chi connectivity index (χ4v) is 2.84. The average molecular weight is 440 g/mol. The van der Waals surface area contributed by atoms with Gasteiger partial charge in [0, 0.05) is 13.1 Å². The number of hydrogen-bond donors (Lipinski definition) is 2. The lowest BCUT2D eigenvalue weighted by Crippen LogP contribution is -2.38. The van der Waals surface area contributed by atoms with Crippen LogP contribution in [0.5, 0.6) is 0 Å². The molecule has 170 valence electrons. The second kappa shape index (κ2) is 11.6. The molecule has 2 amide bonds. The molecule has 2 aromatic rings. The Bertz CT molecular complexity index is 934. The molecule has 0 bridgehead atoms. The van der Waals surface area contributed by atoms with E-state index >= 15 is 0 Å². The molecular weight excluding hydrogens is 412 g/mol. The van der Waals surface area contributed by atoms with E-state index in [9.17, 15) is 19.2 Å². The second-order valence-corrected chi connectivity index (χ2v) is 7.49. The number of carbonyl (C=O) groups excluding carboxylic acids is 4. The number of aryl methyl sites for hydroxylation is 4. The van der Waals surface area contributed by atoms with Gasteiger partial charge >= 0.3 is 11.9 Å². The van der Waals surface area contributed by atoms with Crippen LogP contribution >= 0.6 is 0 Å². The molecule has 0 saturated heterocycles. The van der Waals surface area contributed by atoms with Crippen molar-refractivity contribution in [3.63, 3.8) is 0 Å². The summed E-state index contributed by atoms with van der Waals surface area (Å²) >= 11 is 0. The molecule has 8 nitrogen and oxygen atoms in total. The van der Waals surface area contributed by atoms with E-state index < -0.39 is 37.0 Å². The lowest BCUT2D eigenvalue weighted by atomic mass is 10.1. The highest BCUT2D eigenvalue weighted by Gasteiger charge is 2.14. The number of nitrogens with one attached hydrogen (secondary N) is 2. The van der Waals surface area contributed by atoms with Crippen LogP contribution in [0.1, 0.15) is 43.0 Å². The van der Waals surface area contributed by atoms with Crippen molar-refractivity contribution in [3.05, 3.63) is 69.8 Å². The van der Waals surface area contributed by atoms with Crippen LogP contribution in [0.25, 0.3) is 0 Å². The van der Waals surface area contributed by atoms with E-state index in [2.05, 4.69) is 10.6 Å². The maximum atomic E-state index is 12.1. The van der Waals surface area contributed by atoms with Crippen molar-refractivity contribution in [2.24, 2.45) is 0 Å². The van der Waals surface area contributed by atoms with E-state index in [0.717, 1.165) is 22.3 Å². The molecule has 0 unspecified atom stereocenters. The number of benzene rings is 2. The Morgan fingerprint density at radius 3 is 1.41 bits per heavy atom. The molecule has 0 aliphatic rings. The SMILES string of the molecule is Cc1ccc(C)c(C(=O)OCC(=O)NCCNC(=O)COC(=O)c2cc(C)ccc2C)c1. The van der Waals surface area contributed by atoms with Crippen molar-refractivity contribution in [1.29, 1.82) is 0 Å². The molecule has 2 N–H and O–H groups in total. The topological polar surface area (TPSA) is 111 Å². The molecule has 0 aliphatic heterocycles. The maximum Gasteiger partial charge on any atom is 0.338 e. The molecule has 32 heavy (non-hydrogen) atoms. The minimum Gasteiger partial charge on any atom is -0.452 e. The Labute approximate surface area is 187 Å². The summed E-state index contributed by atoms with van der Waals surface area (Å²) < 4.78 is 10.1. The van der Waals surface area contributed by atoms with E-state index in [4.69, 9.17) is 9.47 Å². The van der Waals surface area contributed by atoms with E-state index in [1.165, 1.54) is 0 Å². The van der Waals surface area contributed by atoms with Crippen molar-refractivity contribution in [1.82, 2.24) is 10.6 Å². The summed E-state index contributed by atoms with van der Waals surface area (Å²) in [5.74, 6) is -2.11. The highest BCUT2D eigenvalue weighted by molar-refractivity contribution is 5.93. The minimum absolute atomic E-state index is 0.135. The highest BCUT2D eigenvalue weighted by atomic mass is 16.5. The first kappa shape index (κ1) is 24.6. The lowest BCUT2D eigenvalue weighted by Gasteiger charge is -2.10. The Hall–Kier alpha value is -3.68. The Balaban J connectivity index is 1.64. The molecule has 0 aliphatic carbocycles. The molecule has 0 spiro atoms. The summed E-state index contributed by atoms with van der Waals surface area (Å²) in [6.45, 7) is 6.73. The number of esters is 2. The number of ether oxygens (including phenoxy) is 2. The van der Waals surface area contributed by atoms with Gasteiger partial charge in [0.05, 0.1) is 11.1 Å². The standard InChI is InChI=1S/C24H28N2O6/c1-15-5-7-17(3)19(11-15)23(29)31-13-21(27)25-9-10-26-22(28)14-32-24(30)20-12-16(2)6-8-18(20)4/h5-8,11-12H,9-10,13-14H2,1-4H3,(H,25,27)(H,26,28). The number of rotatable bonds is 9. The van der Waals surface area contributed by atoms with Gasteiger partial charge in [-0.1, -0.05) is 35.4 Å². The third-order valence-corrected chi connectivity index (χ3v) is 4.66. The number of hydrogen-bond acceptors (Lipinski definition) is 6. The van der Waals surface area contributed by atoms with Crippen LogP contribution in [0, 0.1) is 27.7 Å². The average Bonchev–Trinajstić information content (AvgIpc) is 2.76. The predicted molar refractivity (Wildman–Crippen MR) is 118 cm³/mol. The molecule has 0 fully saturated rings. The molecule has 2 aromatic carbocycles. The Morgan fingerprint density at radius 2 is 1.03 bits per heavy atom. The van der Waals surface area contributed by atoms with E-state index in [1.807, 2.05) is 38.1 Å². The van der Waals surface area contributed by atoms with Gasteiger partial charge in [-0.25, -0.2) is 9.59 Å². The van der Waals surface area contributed by atoms with Crippen molar-refractivity contribution >= 4 is 23.8 Å². The van der Waals surface area contributed by atoms with E-state index in [0.29, 0.717) is 11.1 Å². The Morgan fingerprint density at radius 1 is 0.656 bits per heavy atom. The first-order chi connectivity index (χ1) is 15.2. The summed E-state index contributed by atoms with van der Waals surface area (Å²) in [6, 6.07) is 10.8. The second-order valence-electron chi connectivity index (χ2n) is 7.49. The third kappa shape index (κ3) is 7.54. The van der Waals surface area contributed by atoms with Crippen molar-refractivity contribution in [2.75, 3.05) is 26.3 Å². The zero-order valence-electron chi connectivity index (χ0n) is 18.7. The van der Waals surface area contributed by atoms with E-state index in [-0.39, 0.29) is 13.1 Å². The zero-order chi connectivity index (χ0) is 23.7. The fraction of sp³-hybridized carbons (Fsp3) is 0.333. The first-order valence-electron chi connectivity index (χ1n) is 10.2. The first-order valence-corrected chi connectivity index (χ1v) is 10.2. The summed E-state index contributed by atoms with van der Waals surface area (Å²) in [5.41, 5.74) is 4.20. The van der Waals surface area contributed by atoms with E-state index in [1.54, 1.807) is 26.0 Å². The maximum absolute atomic E-state index is 12.1. The van der Waals surface area contributed by atoms with Gasteiger partial charge in [0.1, 0.15) is 0 Å². The molecule has 8 heteroatoms. The van der Waals surface area contributed by atoms with Crippen molar-refractivity contribution in [2.45, 2.75) is 27.7 Å². The molecule has 0 radical (unpaired) electrons. The monoisotopic (exact) mass is 440 g/mol. The van der Waals surface area contributed by atoms with Crippen LogP contribution in [0.15, 0.2) is 36.4 Å². The van der Waals surface area contributed by atoms with Gasteiger partial charge < -0.3 is 20.1 Å². The normalized spacial score (nSPS) is 10.2. The van der Waals surface area contributed by atoms with Gasteiger partial charge in [-0.2, -0.15) is 0 Å². The van der Waals surface area contributed by atoms with Crippen LogP contribution in [0.4, 0.5) is 0 Å². The van der Waals surface area contributed by atoms with Gasteiger partial charge in [-0.3, -0.25) is 9.59 Å². The number of carbonyl (C=O) groups is 4. The van der Waals surface area contributed by atoms with Gasteiger partial charge in [0.25, 0.3) is 11.8 Å².